The Morgan fingerprint density at radius 1 is 1.24 bits per heavy atom. The van der Waals surface area contributed by atoms with Gasteiger partial charge in [-0.25, -0.2) is 0 Å². The van der Waals surface area contributed by atoms with Gasteiger partial charge in [0.1, 0.15) is 0 Å². The maximum absolute atomic E-state index is 12.1. The van der Waals surface area contributed by atoms with E-state index in [1.165, 1.54) is 6.92 Å². The van der Waals surface area contributed by atoms with Crippen LogP contribution in [0, 0.1) is 5.92 Å². The van der Waals surface area contributed by atoms with E-state index in [2.05, 4.69) is 16.0 Å². The van der Waals surface area contributed by atoms with Gasteiger partial charge in [0, 0.05) is 25.1 Å². The molecule has 2 amide bonds. The summed E-state index contributed by atoms with van der Waals surface area (Å²) < 4.78 is 0. The van der Waals surface area contributed by atoms with Gasteiger partial charge in [0.15, 0.2) is 0 Å². The van der Waals surface area contributed by atoms with E-state index in [1.54, 1.807) is 0 Å². The van der Waals surface area contributed by atoms with Gasteiger partial charge in [-0.05, 0) is 31.2 Å². The standard InChI is InChI=1S/C16H25N3O2/c1-5-17-10-11(2)16(21)18-12(3)14-7-6-8-15(9-14)19-13(4)20/h6-9,11-12,17H,5,10H2,1-4H3,(H,18,21)(H,19,20). The molecule has 0 aromatic heterocycles. The molecule has 0 aliphatic rings. The van der Waals surface area contributed by atoms with Crippen LogP contribution in [-0.2, 0) is 9.59 Å². The molecule has 0 saturated carbocycles. The molecular weight excluding hydrogens is 266 g/mol. The van der Waals surface area contributed by atoms with E-state index in [0.29, 0.717) is 6.54 Å². The van der Waals surface area contributed by atoms with Crippen LogP contribution in [0.5, 0.6) is 0 Å². The Bertz CT molecular complexity index is 488. The number of anilines is 1. The molecule has 0 heterocycles. The molecule has 0 saturated heterocycles. The second-order valence-electron chi connectivity index (χ2n) is 5.25. The predicted molar refractivity (Wildman–Crippen MR) is 85.0 cm³/mol. The maximum Gasteiger partial charge on any atom is 0.224 e. The van der Waals surface area contributed by atoms with Gasteiger partial charge in [0.25, 0.3) is 0 Å². The fourth-order valence-electron chi connectivity index (χ4n) is 1.98. The first-order valence-electron chi connectivity index (χ1n) is 7.32. The lowest BCUT2D eigenvalue weighted by molar-refractivity contribution is -0.125. The summed E-state index contributed by atoms with van der Waals surface area (Å²) in [5.74, 6) is -0.164. The molecule has 0 aliphatic carbocycles. The lowest BCUT2D eigenvalue weighted by Crippen LogP contribution is -2.36. The number of carbonyl (C=O) groups is 2. The van der Waals surface area contributed by atoms with Crippen molar-refractivity contribution in [2.75, 3.05) is 18.4 Å². The van der Waals surface area contributed by atoms with Crippen molar-refractivity contribution in [1.29, 1.82) is 0 Å². The number of carbonyl (C=O) groups excluding carboxylic acids is 2. The molecule has 0 fully saturated rings. The Morgan fingerprint density at radius 2 is 1.95 bits per heavy atom. The monoisotopic (exact) mass is 291 g/mol. The molecular formula is C16H25N3O2. The van der Waals surface area contributed by atoms with Gasteiger partial charge >= 0.3 is 0 Å². The fourth-order valence-corrected chi connectivity index (χ4v) is 1.98. The van der Waals surface area contributed by atoms with Crippen molar-refractivity contribution in [3.8, 4) is 0 Å². The van der Waals surface area contributed by atoms with E-state index in [1.807, 2.05) is 45.0 Å². The van der Waals surface area contributed by atoms with Gasteiger partial charge in [-0.3, -0.25) is 9.59 Å². The number of nitrogens with one attached hydrogen (secondary N) is 3. The van der Waals surface area contributed by atoms with Crippen molar-refractivity contribution in [3.63, 3.8) is 0 Å². The molecule has 2 unspecified atom stereocenters. The van der Waals surface area contributed by atoms with Crippen molar-refractivity contribution < 1.29 is 9.59 Å². The van der Waals surface area contributed by atoms with Gasteiger partial charge in [-0.15, -0.1) is 0 Å². The van der Waals surface area contributed by atoms with Crippen LogP contribution < -0.4 is 16.0 Å². The number of hydrogen-bond acceptors (Lipinski definition) is 3. The van der Waals surface area contributed by atoms with Crippen molar-refractivity contribution in [2.45, 2.75) is 33.7 Å². The summed E-state index contributed by atoms with van der Waals surface area (Å²) >= 11 is 0. The predicted octanol–water partition coefficient (Wildman–Crippen LogP) is 2.07. The molecule has 0 radical (unpaired) electrons. The largest absolute Gasteiger partial charge is 0.349 e. The van der Waals surface area contributed by atoms with Gasteiger partial charge in [-0.2, -0.15) is 0 Å². The molecule has 1 aromatic carbocycles. The van der Waals surface area contributed by atoms with Crippen LogP contribution in [0.4, 0.5) is 5.69 Å². The van der Waals surface area contributed by atoms with Crippen LogP contribution in [0.1, 0.15) is 39.3 Å². The molecule has 0 aliphatic heterocycles. The summed E-state index contributed by atoms with van der Waals surface area (Å²) in [5.41, 5.74) is 1.70. The minimum absolute atomic E-state index is 0.0216. The smallest absolute Gasteiger partial charge is 0.224 e. The topological polar surface area (TPSA) is 70.2 Å². The third-order valence-corrected chi connectivity index (χ3v) is 3.21. The minimum Gasteiger partial charge on any atom is -0.349 e. The normalized spacial score (nSPS) is 13.3. The zero-order chi connectivity index (χ0) is 15.8. The highest BCUT2D eigenvalue weighted by Crippen LogP contribution is 2.17. The summed E-state index contributed by atoms with van der Waals surface area (Å²) in [7, 11) is 0. The summed E-state index contributed by atoms with van der Waals surface area (Å²) in [5, 5.41) is 8.90. The van der Waals surface area contributed by atoms with Crippen LogP contribution >= 0.6 is 0 Å². The fraction of sp³-hybridized carbons (Fsp3) is 0.500. The first-order chi connectivity index (χ1) is 9.93. The summed E-state index contributed by atoms with van der Waals surface area (Å²) in [6, 6.07) is 7.40. The Hall–Kier alpha value is -1.88. The second kappa shape index (κ2) is 8.42. The van der Waals surface area contributed by atoms with E-state index >= 15 is 0 Å². The molecule has 5 heteroatoms. The zero-order valence-corrected chi connectivity index (χ0v) is 13.2. The molecule has 21 heavy (non-hydrogen) atoms. The molecule has 0 spiro atoms. The van der Waals surface area contributed by atoms with Crippen molar-refractivity contribution in [3.05, 3.63) is 29.8 Å². The molecule has 3 N–H and O–H groups in total. The lowest BCUT2D eigenvalue weighted by Gasteiger charge is -2.18. The Morgan fingerprint density at radius 3 is 2.57 bits per heavy atom. The van der Waals surface area contributed by atoms with Gasteiger partial charge in [0.2, 0.25) is 11.8 Å². The van der Waals surface area contributed by atoms with Gasteiger partial charge < -0.3 is 16.0 Å². The van der Waals surface area contributed by atoms with E-state index in [0.717, 1.165) is 17.8 Å². The summed E-state index contributed by atoms with van der Waals surface area (Å²) in [6.45, 7) is 8.84. The summed E-state index contributed by atoms with van der Waals surface area (Å²) in [6.07, 6.45) is 0. The van der Waals surface area contributed by atoms with Gasteiger partial charge in [0.05, 0.1) is 6.04 Å². The van der Waals surface area contributed by atoms with Crippen LogP contribution in [-0.4, -0.2) is 24.9 Å². The second-order valence-corrected chi connectivity index (χ2v) is 5.25. The third-order valence-electron chi connectivity index (χ3n) is 3.21. The van der Waals surface area contributed by atoms with Crippen LogP contribution in [0.15, 0.2) is 24.3 Å². The average molecular weight is 291 g/mol. The average Bonchev–Trinajstić information content (AvgIpc) is 2.44. The molecule has 1 aromatic rings. The number of hydrogen-bond donors (Lipinski definition) is 3. The highest BCUT2D eigenvalue weighted by atomic mass is 16.2. The minimum atomic E-state index is -0.108. The molecule has 1 rings (SSSR count). The number of benzene rings is 1. The van der Waals surface area contributed by atoms with E-state index in [4.69, 9.17) is 0 Å². The number of amides is 2. The van der Waals surface area contributed by atoms with Crippen LogP contribution in [0.3, 0.4) is 0 Å². The summed E-state index contributed by atoms with van der Waals surface area (Å²) in [4.78, 5) is 23.1. The van der Waals surface area contributed by atoms with Crippen molar-refractivity contribution in [1.82, 2.24) is 10.6 Å². The molecule has 5 nitrogen and oxygen atoms in total. The highest BCUT2D eigenvalue weighted by Gasteiger charge is 2.15. The van der Waals surface area contributed by atoms with Crippen LogP contribution in [0.2, 0.25) is 0 Å². The van der Waals surface area contributed by atoms with Crippen LogP contribution in [0.25, 0.3) is 0 Å². The quantitative estimate of drug-likeness (QED) is 0.720. The highest BCUT2D eigenvalue weighted by molar-refractivity contribution is 5.88. The third kappa shape index (κ3) is 5.95. The van der Waals surface area contributed by atoms with E-state index in [9.17, 15) is 9.59 Å². The maximum atomic E-state index is 12.1. The zero-order valence-electron chi connectivity index (χ0n) is 13.2. The van der Waals surface area contributed by atoms with Crippen molar-refractivity contribution in [2.24, 2.45) is 5.92 Å². The Kier molecular flexibility index (Phi) is 6.88. The van der Waals surface area contributed by atoms with Gasteiger partial charge in [-0.1, -0.05) is 26.0 Å². The lowest BCUT2D eigenvalue weighted by atomic mass is 10.1. The first kappa shape index (κ1) is 17.2. The Balaban J connectivity index is 2.64. The molecule has 116 valence electrons. The molecule has 0 bridgehead atoms. The SMILES string of the molecule is CCNCC(C)C(=O)NC(C)c1cccc(NC(C)=O)c1. The van der Waals surface area contributed by atoms with E-state index in [-0.39, 0.29) is 23.8 Å². The molecule has 2 atom stereocenters. The number of rotatable bonds is 7. The van der Waals surface area contributed by atoms with Crippen molar-refractivity contribution >= 4 is 17.5 Å². The van der Waals surface area contributed by atoms with E-state index < -0.39 is 0 Å². The first-order valence-corrected chi connectivity index (χ1v) is 7.32. The Labute approximate surface area is 126 Å².